The Morgan fingerprint density at radius 2 is 1.96 bits per heavy atom. The Hall–Kier alpha value is -2.08. The highest BCUT2D eigenvalue weighted by Gasteiger charge is 2.56. The zero-order valence-corrected chi connectivity index (χ0v) is 15.1. The SMILES string of the molecule is COC(=O)[C@@]1(NC(C)=O)C[C@H]2C[C@@H]1CN(Cc1ccc(OC)cc1)C2. The smallest absolute Gasteiger partial charge is 0.331 e. The summed E-state index contributed by atoms with van der Waals surface area (Å²) in [6.45, 7) is 4.00. The molecule has 2 bridgehead atoms. The van der Waals surface area contributed by atoms with Crippen molar-refractivity contribution in [2.24, 2.45) is 11.8 Å². The summed E-state index contributed by atoms with van der Waals surface area (Å²) in [4.78, 5) is 26.6. The first-order valence-corrected chi connectivity index (χ1v) is 8.69. The predicted molar refractivity (Wildman–Crippen MR) is 93.0 cm³/mol. The number of amides is 1. The fourth-order valence-corrected chi connectivity index (χ4v) is 4.50. The predicted octanol–water partition coefficient (Wildman–Crippen LogP) is 1.58. The molecule has 3 rings (SSSR count). The Morgan fingerprint density at radius 1 is 1.24 bits per heavy atom. The van der Waals surface area contributed by atoms with Crippen molar-refractivity contribution in [3.05, 3.63) is 29.8 Å². The summed E-state index contributed by atoms with van der Waals surface area (Å²) in [6, 6.07) is 8.06. The number of methoxy groups -OCH3 is 2. The molecule has 1 heterocycles. The van der Waals surface area contributed by atoms with E-state index >= 15 is 0 Å². The number of hydrogen-bond donors (Lipinski definition) is 1. The Morgan fingerprint density at radius 3 is 2.56 bits per heavy atom. The molecule has 1 amide bonds. The molecule has 1 N–H and O–H groups in total. The Kier molecular flexibility index (Phi) is 4.99. The number of likely N-dealkylation sites (tertiary alicyclic amines) is 1. The minimum atomic E-state index is -0.875. The molecule has 6 nitrogen and oxygen atoms in total. The maximum atomic E-state index is 12.5. The van der Waals surface area contributed by atoms with E-state index in [4.69, 9.17) is 9.47 Å². The summed E-state index contributed by atoms with van der Waals surface area (Å²) in [7, 11) is 3.05. The molecule has 1 aliphatic carbocycles. The number of rotatable bonds is 5. The zero-order valence-electron chi connectivity index (χ0n) is 15.1. The first kappa shape index (κ1) is 17.7. The van der Waals surface area contributed by atoms with Gasteiger partial charge in [0.25, 0.3) is 0 Å². The molecule has 1 saturated heterocycles. The number of nitrogens with one attached hydrogen (secondary N) is 1. The highest BCUT2D eigenvalue weighted by molar-refractivity contribution is 5.88. The molecule has 136 valence electrons. The van der Waals surface area contributed by atoms with E-state index < -0.39 is 5.54 Å². The van der Waals surface area contributed by atoms with Crippen LogP contribution in [0.2, 0.25) is 0 Å². The highest BCUT2D eigenvalue weighted by Crippen LogP contribution is 2.45. The number of carbonyl (C=O) groups excluding carboxylic acids is 2. The van der Waals surface area contributed by atoms with Crippen LogP contribution < -0.4 is 10.1 Å². The fourth-order valence-electron chi connectivity index (χ4n) is 4.50. The number of hydrogen-bond acceptors (Lipinski definition) is 5. The van der Waals surface area contributed by atoms with Crippen LogP contribution in [0.4, 0.5) is 0 Å². The number of fused-ring (bicyclic) bond motifs is 2. The molecule has 0 radical (unpaired) electrons. The molecule has 0 unspecified atom stereocenters. The second-order valence-electron chi connectivity index (χ2n) is 7.19. The lowest BCUT2D eigenvalue weighted by Crippen LogP contribution is -2.58. The van der Waals surface area contributed by atoms with Crippen LogP contribution in [0.5, 0.6) is 5.75 Å². The van der Waals surface area contributed by atoms with Crippen molar-refractivity contribution in [1.29, 1.82) is 0 Å². The summed E-state index contributed by atoms with van der Waals surface area (Å²) in [5, 5.41) is 2.92. The molecule has 2 aliphatic rings. The summed E-state index contributed by atoms with van der Waals surface area (Å²) in [6.07, 6.45) is 1.61. The summed E-state index contributed by atoms with van der Waals surface area (Å²) in [5.74, 6) is 0.822. The molecule has 1 aromatic carbocycles. The van der Waals surface area contributed by atoms with Crippen molar-refractivity contribution >= 4 is 11.9 Å². The lowest BCUT2D eigenvalue weighted by atomic mass is 9.86. The molecular weight excluding hydrogens is 320 g/mol. The number of benzene rings is 1. The van der Waals surface area contributed by atoms with E-state index in [2.05, 4.69) is 22.3 Å². The lowest BCUT2D eigenvalue weighted by molar-refractivity contribution is -0.152. The minimum absolute atomic E-state index is 0.0841. The van der Waals surface area contributed by atoms with E-state index in [0.29, 0.717) is 12.3 Å². The van der Waals surface area contributed by atoms with Crippen molar-refractivity contribution in [3.63, 3.8) is 0 Å². The Bertz CT molecular complexity index is 645. The molecule has 0 aromatic heterocycles. The molecule has 2 fully saturated rings. The summed E-state index contributed by atoms with van der Waals surface area (Å²) >= 11 is 0. The highest BCUT2D eigenvalue weighted by atomic mass is 16.5. The van der Waals surface area contributed by atoms with Gasteiger partial charge in [-0.15, -0.1) is 0 Å². The van der Waals surface area contributed by atoms with Gasteiger partial charge in [0.1, 0.15) is 11.3 Å². The maximum Gasteiger partial charge on any atom is 0.331 e. The van der Waals surface area contributed by atoms with Gasteiger partial charge in [-0.1, -0.05) is 12.1 Å². The molecule has 6 heteroatoms. The van der Waals surface area contributed by atoms with Gasteiger partial charge >= 0.3 is 5.97 Å². The first-order valence-electron chi connectivity index (χ1n) is 8.69. The van der Waals surface area contributed by atoms with Crippen LogP contribution in [0.1, 0.15) is 25.3 Å². The summed E-state index contributed by atoms with van der Waals surface area (Å²) in [5.41, 5.74) is 0.338. The van der Waals surface area contributed by atoms with Gasteiger partial charge < -0.3 is 14.8 Å². The van der Waals surface area contributed by atoms with Crippen molar-refractivity contribution in [2.75, 3.05) is 27.3 Å². The van der Waals surface area contributed by atoms with Gasteiger partial charge in [0.15, 0.2) is 0 Å². The summed E-state index contributed by atoms with van der Waals surface area (Å²) < 4.78 is 10.2. The van der Waals surface area contributed by atoms with Crippen molar-refractivity contribution in [3.8, 4) is 5.75 Å². The van der Waals surface area contributed by atoms with E-state index in [9.17, 15) is 9.59 Å². The van der Waals surface area contributed by atoms with E-state index in [0.717, 1.165) is 31.8 Å². The van der Waals surface area contributed by atoms with E-state index in [1.54, 1.807) is 7.11 Å². The van der Waals surface area contributed by atoms with Gasteiger partial charge in [-0.2, -0.15) is 0 Å². The van der Waals surface area contributed by atoms with Gasteiger partial charge in [0.2, 0.25) is 5.91 Å². The lowest BCUT2D eigenvalue weighted by Gasteiger charge is -2.36. The minimum Gasteiger partial charge on any atom is -0.497 e. The van der Waals surface area contributed by atoms with Crippen LogP contribution in [0.15, 0.2) is 24.3 Å². The number of piperidine rings is 1. The van der Waals surface area contributed by atoms with Crippen molar-refractivity contribution in [1.82, 2.24) is 10.2 Å². The topological polar surface area (TPSA) is 67.9 Å². The normalized spacial score (nSPS) is 28.4. The average molecular weight is 346 g/mol. The molecular formula is C19H26N2O4. The maximum absolute atomic E-state index is 12.5. The van der Waals surface area contributed by atoms with Crippen LogP contribution in [0.3, 0.4) is 0 Å². The standard InChI is InChI=1S/C19H26N2O4/c1-13(22)20-19(18(23)25-3)9-15-8-16(19)12-21(11-15)10-14-4-6-17(24-2)7-5-14/h4-7,15-16H,8-12H2,1-3H3,(H,20,22)/t15-,16-,19-/m1/s1. The third-order valence-corrected chi connectivity index (χ3v) is 5.43. The third-order valence-electron chi connectivity index (χ3n) is 5.43. The quantitative estimate of drug-likeness (QED) is 0.820. The van der Waals surface area contributed by atoms with E-state index in [1.165, 1.54) is 19.6 Å². The number of nitrogens with zero attached hydrogens (tertiary/aromatic N) is 1. The number of ether oxygens (including phenoxy) is 2. The fraction of sp³-hybridized carbons (Fsp3) is 0.579. The monoisotopic (exact) mass is 346 g/mol. The second kappa shape index (κ2) is 7.04. The Labute approximate surface area is 148 Å². The number of carbonyl (C=O) groups is 2. The third kappa shape index (κ3) is 3.49. The van der Waals surface area contributed by atoms with Crippen molar-refractivity contribution in [2.45, 2.75) is 31.8 Å². The molecule has 1 aliphatic heterocycles. The van der Waals surface area contributed by atoms with Crippen LogP contribution in [-0.4, -0.2) is 49.6 Å². The van der Waals surface area contributed by atoms with Crippen LogP contribution in [0.25, 0.3) is 0 Å². The zero-order chi connectivity index (χ0) is 18.0. The number of esters is 1. The molecule has 3 atom stereocenters. The van der Waals surface area contributed by atoms with Gasteiger partial charge in [-0.25, -0.2) is 4.79 Å². The van der Waals surface area contributed by atoms with Gasteiger partial charge in [-0.05, 0) is 36.5 Å². The molecule has 25 heavy (non-hydrogen) atoms. The van der Waals surface area contributed by atoms with Crippen LogP contribution in [-0.2, 0) is 20.9 Å². The van der Waals surface area contributed by atoms with Crippen LogP contribution in [0, 0.1) is 11.8 Å². The second-order valence-corrected chi connectivity index (χ2v) is 7.19. The van der Waals surface area contributed by atoms with Crippen molar-refractivity contribution < 1.29 is 19.1 Å². The molecule has 1 saturated carbocycles. The van der Waals surface area contributed by atoms with E-state index in [-0.39, 0.29) is 17.8 Å². The van der Waals surface area contributed by atoms with Gasteiger partial charge in [0, 0.05) is 32.5 Å². The Balaban J connectivity index is 1.74. The van der Waals surface area contributed by atoms with E-state index in [1.807, 2.05) is 12.1 Å². The van der Waals surface area contributed by atoms with Crippen LogP contribution >= 0.6 is 0 Å². The molecule has 0 spiro atoms. The average Bonchev–Trinajstić information content (AvgIpc) is 2.85. The molecule has 1 aromatic rings. The van der Waals surface area contributed by atoms with Gasteiger partial charge in [0.05, 0.1) is 14.2 Å². The largest absolute Gasteiger partial charge is 0.497 e. The van der Waals surface area contributed by atoms with Gasteiger partial charge in [-0.3, -0.25) is 9.69 Å². The first-order chi connectivity index (χ1) is 12.0.